The van der Waals surface area contributed by atoms with Crippen LogP contribution in [0.15, 0.2) is 72.4 Å². The van der Waals surface area contributed by atoms with Crippen molar-refractivity contribution in [2.75, 3.05) is 4.90 Å². The van der Waals surface area contributed by atoms with Gasteiger partial charge in [-0.05, 0) is 95.8 Å². The first-order valence-corrected chi connectivity index (χ1v) is 10.3. The Morgan fingerprint density at radius 2 is 1.72 bits per heavy atom. The van der Waals surface area contributed by atoms with E-state index in [1.807, 2.05) is 78.4 Å². The summed E-state index contributed by atoms with van der Waals surface area (Å²) >= 11 is 7.53. The summed E-state index contributed by atoms with van der Waals surface area (Å²) in [6, 6.07) is 19.1. The molecule has 1 fully saturated rings. The zero-order valence-electron chi connectivity index (χ0n) is 15.4. The van der Waals surface area contributed by atoms with Gasteiger partial charge in [-0.3, -0.25) is 19.8 Å². The van der Waals surface area contributed by atoms with Gasteiger partial charge in [-0.2, -0.15) is 0 Å². The molecule has 1 aliphatic heterocycles. The van der Waals surface area contributed by atoms with Gasteiger partial charge in [0.25, 0.3) is 11.8 Å². The first kappa shape index (κ1) is 19.5. The maximum atomic E-state index is 13.2. The van der Waals surface area contributed by atoms with Gasteiger partial charge in [0.1, 0.15) is 5.57 Å². The van der Waals surface area contributed by atoms with Crippen LogP contribution < -0.4 is 10.2 Å². The van der Waals surface area contributed by atoms with E-state index in [9.17, 15) is 9.59 Å². The Morgan fingerprint density at radius 3 is 2.45 bits per heavy atom. The summed E-state index contributed by atoms with van der Waals surface area (Å²) in [5.41, 5.74) is 3.24. The first-order valence-electron chi connectivity index (χ1n) is 8.86. The SMILES string of the molecule is Cc1ccccc1N1C(=O)/C(=C/c2cccn2-c2ccc(I)cc2)C(=O)NC1=S. The van der Waals surface area contributed by atoms with Crippen LogP contribution in [0.25, 0.3) is 11.8 Å². The molecular weight excluding hydrogens is 497 g/mol. The van der Waals surface area contributed by atoms with Crippen molar-refractivity contribution in [2.45, 2.75) is 6.92 Å². The van der Waals surface area contributed by atoms with E-state index in [-0.39, 0.29) is 10.7 Å². The zero-order chi connectivity index (χ0) is 20.5. The van der Waals surface area contributed by atoms with Crippen LogP contribution in [0.1, 0.15) is 11.3 Å². The Kier molecular flexibility index (Phi) is 5.33. The van der Waals surface area contributed by atoms with Gasteiger partial charge in [-0.15, -0.1) is 0 Å². The normalized spacial score (nSPS) is 15.7. The number of rotatable bonds is 3. The number of thiocarbonyl (C=S) groups is 1. The van der Waals surface area contributed by atoms with Crippen LogP contribution in [0.2, 0.25) is 0 Å². The molecule has 3 aromatic rings. The maximum Gasteiger partial charge on any atom is 0.270 e. The number of nitrogens with one attached hydrogen (secondary N) is 1. The second kappa shape index (κ2) is 7.92. The van der Waals surface area contributed by atoms with Crippen molar-refractivity contribution in [1.29, 1.82) is 0 Å². The summed E-state index contributed by atoms with van der Waals surface area (Å²) in [5.74, 6) is -0.941. The molecule has 0 saturated carbocycles. The van der Waals surface area contributed by atoms with E-state index in [1.165, 1.54) is 4.90 Å². The number of amides is 2. The fourth-order valence-electron chi connectivity index (χ4n) is 3.19. The van der Waals surface area contributed by atoms with Gasteiger partial charge in [0.05, 0.1) is 5.69 Å². The molecule has 0 aliphatic carbocycles. The van der Waals surface area contributed by atoms with Crippen LogP contribution in [0.4, 0.5) is 5.69 Å². The van der Waals surface area contributed by atoms with Crippen molar-refractivity contribution in [1.82, 2.24) is 9.88 Å². The Bertz CT molecular complexity index is 1160. The second-order valence-corrected chi connectivity index (χ2v) is 8.16. The molecule has 1 N–H and O–H groups in total. The Labute approximate surface area is 187 Å². The quantitative estimate of drug-likeness (QED) is 0.247. The zero-order valence-corrected chi connectivity index (χ0v) is 18.4. The molecule has 144 valence electrons. The molecule has 2 heterocycles. The number of anilines is 1. The van der Waals surface area contributed by atoms with Gasteiger partial charge in [0, 0.05) is 21.1 Å². The Morgan fingerprint density at radius 1 is 1.00 bits per heavy atom. The molecule has 0 atom stereocenters. The minimum atomic E-state index is -0.500. The van der Waals surface area contributed by atoms with Crippen molar-refractivity contribution in [3.63, 3.8) is 0 Å². The van der Waals surface area contributed by atoms with E-state index in [0.29, 0.717) is 5.69 Å². The number of nitrogens with zero attached hydrogens (tertiary/aromatic N) is 2. The molecule has 2 aromatic carbocycles. The number of aromatic nitrogens is 1. The smallest absolute Gasteiger partial charge is 0.270 e. The minimum absolute atomic E-state index is 0.0346. The van der Waals surface area contributed by atoms with Crippen molar-refractivity contribution < 1.29 is 9.59 Å². The fourth-order valence-corrected chi connectivity index (χ4v) is 3.82. The van der Waals surface area contributed by atoms with E-state index < -0.39 is 11.8 Å². The third-order valence-corrected chi connectivity index (χ3v) is 5.64. The maximum absolute atomic E-state index is 13.2. The van der Waals surface area contributed by atoms with Gasteiger partial charge in [-0.25, -0.2) is 0 Å². The summed E-state index contributed by atoms with van der Waals surface area (Å²) in [5, 5.41) is 2.72. The number of benzene rings is 2. The molecule has 2 amide bonds. The number of halogens is 1. The summed E-state index contributed by atoms with van der Waals surface area (Å²) in [4.78, 5) is 27.2. The standard InChI is InChI=1S/C22H16IN3O2S/c1-14-5-2-3-7-19(14)26-21(28)18(20(27)24-22(26)29)13-17-6-4-12-25(17)16-10-8-15(23)9-11-16/h2-13H,1H3,(H,24,27,29)/b18-13+. The van der Waals surface area contributed by atoms with Crippen LogP contribution in [0.3, 0.4) is 0 Å². The molecule has 1 saturated heterocycles. The molecule has 1 aromatic heterocycles. The lowest BCUT2D eigenvalue weighted by molar-refractivity contribution is -0.122. The van der Waals surface area contributed by atoms with E-state index in [0.717, 1.165) is 20.5 Å². The molecule has 1 aliphatic rings. The predicted octanol–water partition coefficient (Wildman–Crippen LogP) is 4.22. The largest absolute Gasteiger partial charge is 0.317 e. The molecular formula is C22H16IN3O2S. The Hall–Kier alpha value is -2.78. The van der Waals surface area contributed by atoms with Crippen LogP contribution >= 0.6 is 34.8 Å². The average Bonchev–Trinajstić information content (AvgIpc) is 3.15. The molecule has 0 radical (unpaired) electrons. The van der Waals surface area contributed by atoms with Crippen molar-refractivity contribution in [3.8, 4) is 5.69 Å². The van der Waals surface area contributed by atoms with Crippen molar-refractivity contribution >= 4 is 63.5 Å². The third kappa shape index (κ3) is 3.75. The van der Waals surface area contributed by atoms with E-state index in [1.54, 1.807) is 6.08 Å². The van der Waals surface area contributed by atoms with Gasteiger partial charge < -0.3 is 4.57 Å². The van der Waals surface area contributed by atoms with Gasteiger partial charge in [-0.1, -0.05) is 18.2 Å². The highest BCUT2D eigenvalue weighted by molar-refractivity contribution is 14.1. The van der Waals surface area contributed by atoms with Crippen LogP contribution in [-0.4, -0.2) is 21.5 Å². The number of hydrogen-bond acceptors (Lipinski definition) is 3. The molecule has 5 nitrogen and oxygen atoms in total. The van der Waals surface area contributed by atoms with Crippen LogP contribution in [0, 0.1) is 10.5 Å². The summed E-state index contributed by atoms with van der Waals surface area (Å²) in [6.45, 7) is 1.90. The minimum Gasteiger partial charge on any atom is -0.317 e. The lowest BCUT2D eigenvalue weighted by Gasteiger charge is -2.30. The number of hydrogen-bond donors (Lipinski definition) is 1. The molecule has 7 heteroatoms. The highest BCUT2D eigenvalue weighted by Gasteiger charge is 2.35. The topological polar surface area (TPSA) is 54.3 Å². The van der Waals surface area contributed by atoms with Gasteiger partial charge >= 0.3 is 0 Å². The predicted molar refractivity (Wildman–Crippen MR) is 126 cm³/mol. The van der Waals surface area contributed by atoms with E-state index in [2.05, 4.69) is 27.9 Å². The lowest BCUT2D eigenvalue weighted by Crippen LogP contribution is -2.54. The molecule has 0 bridgehead atoms. The summed E-state index contributed by atoms with van der Waals surface area (Å²) < 4.78 is 3.05. The molecule has 0 spiro atoms. The highest BCUT2D eigenvalue weighted by Crippen LogP contribution is 2.25. The van der Waals surface area contributed by atoms with Crippen molar-refractivity contribution in [2.24, 2.45) is 0 Å². The number of carbonyl (C=O) groups excluding carboxylic acids is 2. The van der Waals surface area contributed by atoms with Crippen molar-refractivity contribution in [3.05, 3.63) is 87.3 Å². The first-order chi connectivity index (χ1) is 14.0. The average molecular weight is 513 g/mol. The molecule has 29 heavy (non-hydrogen) atoms. The van der Waals surface area contributed by atoms with Crippen LogP contribution in [0.5, 0.6) is 0 Å². The highest BCUT2D eigenvalue weighted by atomic mass is 127. The number of aryl methyl sites for hydroxylation is 1. The summed E-state index contributed by atoms with van der Waals surface area (Å²) in [6.07, 6.45) is 3.49. The van der Waals surface area contributed by atoms with Gasteiger partial charge in [0.15, 0.2) is 5.11 Å². The molecule has 4 rings (SSSR count). The summed E-state index contributed by atoms with van der Waals surface area (Å²) in [7, 11) is 0. The Balaban J connectivity index is 1.76. The van der Waals surface area contributed by atoms with E-state index in [4.69, 9.17) is 12.2 Å². The fraction of sp³-hybridized carbons (Fsp3) is 0.0455. The van der Waals surface area contributed by atoms with Crippen LogP contribution in [-0.2, 0) is 9.59 Å². The monoisotopic (exact) mass is 513 g/mol. The van der Waals surface area contributed by atoms with E-state index >= 15 is 0 Å². The number of para-hydroxylation sites is 1. The van der Waals surface area contributed by atoms with Gasteiger partial charge in [0.2, 0.25) is 0 Å². The third-order valence-electron chi connectivity index (χ3n) is 4.64. The lowest BCUT2D eigenvalue weighted by atomic mass is 10.1. The molecule has 0 unspecified atom stereocenters. The second-order valence-electron chi connectivity index (χ2n) is 6.52. The number of carbonyl (C=O) groups is 2.